The van der Waals surface area contributed by atoms with Crippen molar-refractivity contribution in [3.05, 3.63) is 33.3 Å². The molecule has 2 rings (SSSR count). The number of hydrogen-bond donors (Lipinski definition) is 1. The van der Waals surface area contributed by atoms with Crippen LogP contribution in [0.2, 0.25) is 10.0 Å². The third-order valence-electron chi connectivity index (χ3n) is 3.39. The molecular weight excluding hydrogens is 269 g/mol. The molecule has 3 nitrogen and oxygen atoms in total. The molecule has 1 aromatic carbocycles. The lowest BCUT2D eigenvalue weighted by molar-refractivity contribution is 0.197. The van der Waals surface area contributed by atoms with Crippen molar-refractivity contribution in [2.45, 2.75) is 12.6 Å². The van der Waals surface area contributed by atoms with Crippen LogP contribution >= 0.6 is 23.2 Å². The lowest BCUT2D eigenvalue weighted by atomic mass is 10.0. The van der Waals surface area contributed by atoms with Crippen LogP contribution in [0.1, 0.15) is 17.2 Å². The lowest BCUT2D eigenvalue weighted by Gasteiger charge is -2.25. The molecule has 0 fully saturated rings. The van der Waals surface area contributed by atoms with Crippen LogP contribution in [0, 0.1) is 0 Å². The van der Waals surface area contributed by atoms with Gasteiger partial charge in [0.15, 0.2) is 0 Å². The van der Waals surface area contributed by atoms with Crippen molar-refractivity contribution in [3.63, 3.8) is 0 Å². The van der Waals surface area contributed by atoms with Crippen molar-refractivity contribution >= 4 is 23.2 Å². The standard InChI is InChI=1S/C13H19Cl2N3/c1-17(2)3-4-18-8-9-5-10(14)6-11(15)13(9)12(18)7-16/h5-6,12H,3-4,7-8,16H2,1-2H3. The van der Waals surface area contributed by atoms with Gasteiger partial charge in [-0.2, -0.15) is 0 Å². The zero-order chi connectivity index (χ0) is 13.3. The number of rotatable bonds is 4. The van der Waals surface area contributed by atoms with Crippen LogP contribution in [0.15, 0.2) is 12.1 Å². The zero-order valence-electron chi connectivity index (χ0n) is 10.8. The van der Waals surface area contributed by atoms with Gasteiger partial charge < -0.3 is 10.6 Å². The van der Waals surface area contributed by atoms with Crippen molar-refractivity contribution in [2.24, 2.45) is 5.73 Å². The summed E-state index contributed by atoms with van der Waals surface area (Å²) in [6.45, 7) is 3.46. The number of halogens is 2. The molecular formula is C13H19Cl2N3. The molecule has 0 aliphatic carbocycles. The molecule has 0 radical (unpaired) electrons. The molecule has 1 heterocycles. The number of benzene rings is 1. The quantitative estimate of drug-likeness (QED) is 0.923. The van der Waals surface area contributed by atoms with Gasteiger partial charge in [0, 0.05) is 42.3 Å². The first kappa shape index (κ1) is 14.1. The second kappa shape index (κ2) is 5.76. The summed E-state index contributed by atoms with van der Waals surface area (Å²) in [4.78, 5) is 4.54. The normalized spacial score (nSPS) is 19.6. The summed E-state index contributed by atoms with van der Waals surface area (Å²) in [7, 11) is 4.15. The minimum absolute atomic E-state index is 0.213. The first-order valence-electron chi connectivity index (χ1n) is 6.09. The molecule has 1 aliphatic rings. The molecule has 100 valence electrons. The molecule has 1 atom stereocenters. The van der Waals surface area contributed by atoms with E-state index in [2.05, 4.69) is 23.9 Å². The zero-order valence-corrected chi connectivity index (χ0v) is 12.3. The molecule has 0 amide bonds. The molecule has 0 spiro atoms. The van der Waals surface area contributed by atoms with E-state index < -0.39 is 0 Å². The van der Waals surface area contributed by atoms with E-state index in [-0.39, 0.29) is 6.04 Å². The number of likely N-dealkylation sites (N-methyl/N-ethyl adjacent to an activating group) is 1. The van der Waals surface area contributed by atoms with Crippen LogP contribution in [0.4, 0.5) is 0 Å². The van der Waals surface area contributed by atoms with E-state index in [9.17, 15) is 0 Å². The summed E-state index contributed by atoms with van der Waals surface area (Å²) in [5.74, 6) is 0. The highest BCUT2D eigenvalue weighted by molar-refractivity contribution is 6.35. The van der Waals surface area contributed by atoms with E-state index in [1.165, 1.54) is 5.56 Å². The van der Waals surface area contributed by atoms with Crippen LogP contribution in [0.5, 0.6) is 0 Å². The highest BCUT2D eigenvalue weighted by Crippen LogP contribution is 2.39. The molecule has 2 N–H and O–H groups in total. The minimum atomic E-state index is 0.213. The predicted molar refractivity (Wildman–Crippen MR) is 77.2 cm³/mol. The average molecular weight is 288 g/mol. The number of nitrogens with two attached hydrogens (primary N) is 1. The Labute approximate surface area is 118 Å². The maximum Gasteiger partial charge on any atom is 0.0492 e. The molecule has 0 aromatic heterocycles. The van der Waals surface area contributed by atoms with E-state index in [0.29, 0.717) is 11.6 Å². The maximum absolute atomic E-state index is 6.30. The van der Waals surface area contributed by atoms with Crippen LogP contribution in [0.25, 0.3) is 0 Å². The van der Waals surface area contributed by atoms with E-state index in [1.807, 2.05) is 6.07 Å². The van der Waals surface area contributed by atoms with Crippen LogP contribution < -0.4 is 5.73 Å². The molecule has 0 saturated heterocycles. The van der Waals surface area contributed by atoms with Crippen LogP contribution in [-0.4, -0.2) is 43.5 Å². The van der Waals surface area contributed by atoms with Gasteiger partial charge in [0.1, 0.15) is 0 Å². The monoisotopic (exact) mass is 287 g/mol. The minimum Gasteiger partial charge on any atom is -0.329 e. The molecule has 18 heavy (non-hydrogen) atoms. The van der Waals surface area contributed by atoms with Gasteiger partial charge >= 0.3 is 0 Å². The third kappa shape index (κ3) is 2.81. The van der Waals surface area contributed by atoms with Gasteiger partial charge in [-0.3, -0.25) is 4.90 Å². The summed E-state index contributed by atoms with van der Waals surface area (Å²) in [5.41, 5.74) is 8.27. The Morgan fingerprint density at radius 1 is 1.39 bits per heavy atom. The number of hydrogen-bond acceptors (Lipinski definition) is 3. The highest BCUT2D eigenvalue weighted by atomic mass is 35.5. The molecule has 0 bridgehead atoms. The second-order valence-corrected chi connectivity index (χ2v) is 5.83. The smallest absolute Gasteiger partial charge is 0.0492 e. The number of nitrogens with zero attached hydrogens (tertiary/aromatic N) is 2. The fourth-order valence-corrected chi connectivity index (χ4v) is 3.15. The predicted octanol–water partition coefficient (Wildman–Crippen LogP) is 2.37. The lowest BCUT2D eigenvalue weighted by Crippen LogP contribution is -2.33. The summed E-state index contributed by atoms with van der Waals surface area (Å²) < 4.78 is 0. The summed E-state index contributed by atoms with van der Waals surface area (Å²) in [6.07, 6.45) is 0. The summed E-state index contributed by atoms with van der Waals surface area (Å²) >= 11 is 12.4. The Morgan fingerprint density at radius 2 is 2.11 bits per heavy atom. The van der Waals surface area contributed by atoms with E-state index in [4.69, 9.17) is 28.9 Å². The first-order valence-corrected chi connectivity index (χ1v) is 6.85. The van der Waals surface area contributed by atoms with Gasteiger partial charge in [0.05, 0.1) is 0 Å². The van der Waals surface area contributed by atoms with Crippen LogP contribution in [-0.2, 0) is 6.54 Å². The van der Waals surface area contributed by atoms with Crippen molar-refractivity contribution in [3.8, 4) is 0 Å². The Bertz CT molecular complexity index is 434. The van der Waals surface area contributed by atoms with Crippen molar-refractivity contribution < 1.29 is 0 Å². The van der Waals surface area contributed by atoms with Gasteiger partial charge in [-0.05, 0) is 37.4 Å². The van der Waals surface area contributed by atoms with E-state index >= 15 is 0 Å². The fraction of sp³-hybridized carbons (Fsp3) is 0.538. The fourth-order valence-electron chi connectivity index (χ4n) is 2.48. The van der Waals surface area contributed by atoms with E-state index in [0.717, 1.165) is 30.2 Å². The van der Waals surface area contributed by atoms with Crippen molar-refractivity contribution in [1.29, 1.82) is 0 Å². The highest BCUT2D eigenvalue weighted by Gasteiger charge is 2.31. The SMILES string of the molecule is CN(C)CCN1Cc2cc(Cl)cc(Cl)c2C1CN. The van der Waals surface area contributed by atoms with Gasteiger partial charge in [-0.1, -0.05) is 23.2 Å². The van der Waals surface area contributed by atoms with E-state index in [1.54, 1.807) is 6.07 Å². The second-order valence-electron chi connectivity index (χ2n) is 4.99. The van der Waals surface area contributed by atoms with Gasteiger partial charge in [-0.25, -0.2) is 0 Å². The van der Waals surface area contributed by atoms with Crippen molar-refractivity contribution in [1.82, 2.24) is 9.80 Å². The molecule has 1 unspecified atom stereocenters. The van der Waals surface area contributed by atoms with Gasteiger partial charge in [-0.15, -0.1) is 0 Å². The van der Waals surface area contributed by atoms with Gasteiger partial charge in [0.25, 0.3) is 0 Å². The Hall–Kier alpha value is -0.320. The number of fused-ring (bicyclic) bond motifs is 1. The molecule has 5 heteroatoms. The first-order chi connectivity index (χ1) is 8.52. The van der Waals surface area contributed by atoms with Crippen molar-refractivity contribution in [2.75, 3.05) is 33.7 Å². The molecule has 1 aliphatic heterocycles. The average Bonchev–Trinajstić information content (AvgIpc) is 2.63. The maximum atomic E-state index is 6.30. The Morgan fingerprint density at radius 3 is 2.72 bits per heavy atom. The molecule has 0 saturated carbocycles. The van der Waals surface area contributed by atoms with Gasteiger partial charge in [0.2, 0.25) is 0 Å². The Balaban J connectivity index is 2.23. The summed E-state index contributed by atoms with van der Waals surface area (Å²) in [5, 5.41) is 1.43. The largest absolute Gasteiger partial charge is 0.329 e. The summed E-state index contributed by atoms with van der Waals surface area (Å²) in [6, 6.07) is 4.02. The molecule has 1 aromatic rings. The van der Waals surface area contributed by atoms with Crippen LogP contribution in [0.3, 0.4) is 0 Å². The third-order valence-corrected chi connectivity index (χ3v) is 3.92. The topological polar surface area (TPSA) is 32.5 Å². The Kier molecular flexibility index (Phi) is 4.51.